The highest BCUT2D eigenvalue weighted by Gasteiger charge is 2.28. The molecule has 1 amide bonds. The van der Waals surface area contributed by atoms with E-state index in [2.05, 4.69) is 5.32 Å². The molecule has 4 rings (SSSR count). The first-order chi connectivity index (χ1) is 15.4. The number of amides is 1. The Labute approximate surface area is 192 Å². The van der Waals surface area contributed by atoms with Crippen molar-refractivity contribution >= 4 is 33.2 Å². The highest BCUT2D eigenvalue weighted by atomic mass is 35.5. The van der Waals surface area contributed by atoms with Gasteiger partial charge in [0.15, 0.2) is 0 Å². The van der Waals surface area contributed by atoms with Crippen molar-refractivity contribution in [1.82, 2.24) is 4.31 Å². The van der Waals surface area contributed by atoms with Gasteiger partial charge in [-0.25, -0.2) is 8.42 Å². The molecule has 0 atom stereocenters. The van der Waals surface area contributed by atoms with Crippen LogP contribution in [0.5, 0.6) is 0 Å². The van der Waals surface area contributed by atoms with Crippen LogP contribution in [0.4, 0.5) is 5.69 Å². The molecular weight excluding hydrogens is 448 g/mol. The van der Waals surface area contributed by atoms with Gasteiger partial charge in [-0.15, -0.1) is 0 Å². The summed E-state index contributed by atoms with van der Waals surface area (Å²) in [5.74, 6) is -0.241. The van der Waals surface area contributed by atoms with Crippen LogP contribution in [0.3, 0.4) is 0 Å². The van der Waals surface area contributed by atoms with Crippen LogP contribution in [0.15, 0.2) is 77.7 Å². The minimum atomic E-state index is -3.77. The van der Waals surface area contributed by atoms with E-state index >= 15 is 0 Å². The molecule has 0 unspecified atom stereocenters. The first kappa shape index (κ1) is 22.5. The van der Waals surface area contributed by atoms with Crippen LogP contribution in [-0.4, -0.2) is 44.9 Å². The molecule has 6 nitrogen and oxygen atoms in total. The van der Waals surface area contributed by atoms with E-state index in [9.17, 15) is 13.2 Å². The van der Waals surface area contributed by atoms with Gasteiger partial charge in [0, 0.05) is 18.8 Å². The lowest BCUT2D eigenvalue weighted by molar-refractivity contribution is -0.115. The van der Waals surface area contributed by atoms with E-state index in [0.29, 0.717) is 18.9 Å². The molecule has 1 N–H and O–H groups in total. The van der Waals surface area contributed by atoms with E-state index < -0.39 is 10.0 Å². The third kappa shape index (κ3) is 5.19. The summed E-state index contributed by atoms with van der Waals surface area (Å²) in [6.07, 6.45) is 0.170. The zero-order valence-corrected chi connectivity index (χ0v) is 18.9. The molecule has 8 heteroatoms. The Hall–Kier alpha value is -2.71. The van der Waals surface area contributed by atoms with Gasteiger partial charge in [-0.2, -0.15) is 4.31 Å². The van der Waals surface area contributed by atoms with Gasteiger partial charge < -0.3 is 10.1 Å². The number of carbonyl (C=O) groups is 1. The maximum absolute atomic E-state index is 13.0. The molecule has 0 saturated carbocycles. The molecule has 0 spiro atoms. The zero-order chi connectivity index (χ0) is 22.6. The molecule has 1 aliphatic rings. The standard InChI is InChI=1S/C24H23ClN2O4S/c25-22-11-10-21(17-23(22)32(29,30)27-12-14-31-15-13-27)26-24(28)16-18-6-8-20(9-7-18)19-4-2-1-3-5-19/h1-11,17H,12-16H2,(H,26,28). The van der Waals surface area contributed by atoms with Crippen molar-refractivity contribution in [3.63, 3.8) is 0 Å². The molecule has 3 aromatic rings. The van der Waals surface area contributed by atoms with Crippen molar-refractivity contribution in [3.05, 3.63) is 83.4 Å². The Morgan fingerprint density at radius 2 is 1.59 bits per heavy atom. The quantitative estimate of drug-likeness (QED) is 0.585. The van der Waals surface area contributed by atoms with E-state index in [4.69, 9.17) is 16.3 Å². The summed E-state index contributed by atoms with van der Waals surface area (Å²) in [6, 6.07) is 22.3. The molecule has 0 radical (unpaired) electrons. The molecule has 1 fully saturated rings. The minimum absolute atomic E-state index is 0.0221. The van der Waals surface area contributed by atoms with Crippen LogP contribution in [0, 0.1) is 0 Å². The van der Waals surface area contributed by atoms with Gasteiger partial charge in [0.2, 0.25) is 15.9 Å². The van der Waals surface area contributed by atoms with Crippen molar-refractivity contribution in [2.75, 3.05) is 31.6 Å². The summed E-state index contributed by atoms with van der Waals surface area (Å²) in [6.45, 7) is 1.23. The van der Waals surface area contributed by atoms with E-state index in [-0.39, 0.29) is 35.3 Å². The third-order valence-corrected chi connectivity index (χ3v) is 7.61. The number of rotatable bonds is 6. The number of halogens is 1. The Kier molecular flexibility index (Phi) is 6.91. The lowest BCUT2D eigenvalue weighted by Gasteiger charge is -2.26. The predicted octanol–water partition coefficient (Wildman–Crippen LogP) is 4.21. The maximum Gasteiger partial charge on any atom is 0.244 e. The first-order valence-corrected chi connectivity index (χ1v) is 12.1. The SMILES string of the molecule is O=C(Cc1ccc(-c2ccccc2)cc1)Nc1ccc(Cl)c(S(=O)(=O)N2CCOCC2)c1. The van der Waals surface area contributed by atoms with Crippen molar-refractivity contribution in [2.24, 2.45) is 0 Å². The van der Waals surface area contributed by atoms with Gasteiger partial charge in [-0.1, -0.05) is 66.2 Å². The van der Waals surface area contributed by atoms with Gasteiger partial charge in [-0.3, -0.25) is 4.79 Å². The van der Waals surface area contributed by atoms with Gasteiger partial charge in [0.1, 0.15) is 4.90 Å². The van der Waals surface area contributed by atoms with E-state index in [1.54, 1.807) is 6.07 Å². The Bertz CT molecular complexity index is 1190. The average molecular weight is 471 g/mol. The molecule has 1 aliphatic heterocycles. The third-order valence-electron chi connectivity index (χ3n) is 5.23. The van der Waals surface area contributed by atoms with Crippen molar-refractivity contribution < 1.29 is 17.9 Å². The van der Waals surface area contributed by atoms with Crippen molar-refractivity contribution in [1.29, 1.82) is 0 Å². The van der Waals surface area contributed by atoms with Crippen LogP contribution >= 0.6 is 11.6 Å². The number of benzene rings is 3. The molecule has 3 aromatic carbocycles. The monoisotopic (exact) mass is 470 g/mol. The van der Waals surface area contributed by atoms with Crippen LogP contribution < -0.4 is 5.32 Å². The number of anilines is 1. The lowest BCUT2D eigenvalue weighted by Crippen LogP contribution is -2.40. The Morgan fingerprint density at radius 1 is 0.938 bits per heavy atom. The topological polar surface area (TPSA) is 75.7 Å². The Morgan fingerprint density at radius 3 is 2.28 bits per heavy atom. The fourth-order valence-electron chi connectivity index (χ4n) is 3.54. The number of nitrogens with zero attached hydrogens (tertiary/aromatic N) is 1. The summed E-state index contributed by atoms with van der Waals surface area (Å²) in [5.41, 5.74) is 3.42. The van der Waals surface area contributed by atoms with Crippen LogP contribution in [-0.2, 0) is 26.0 Å². The molecule has 0 aliphatic carbocycles. The zero-order valence-electron chi connectivity index (χ0n) is 17.3. The summed E-state index contributed by atoms with van der Waals surface area (Å²) in [7, 11) is -3.77. The fourth-order valence-corrected chi connectivity index (χ4v) is 5.45. The molecule has 0 aromatic heterocycles. The fraction of sp³-hybridized carbons (Fsp3) is 0.208. The number of carbonyl (C=O) groups excluding carboxylic acids is 1. The first-order valence-electron chi connectivity index (χ1n) is 10.3. The molecule has 0 bridgehead atoms. The van der Waals surface area contributed by atoms with Crippen LogP contribution in [0.25, 0.3) is 11.1 Å². The molecule has 32 heavy (non-hydrogen) atoms. The summed E-state index contributed by atoms with van der Waals surface area (Å²) < 4.78 is 32.5. The second-order valence-electron chi connectivity index (χ2n) is 7.45. The van der Waals surface area contributed by atoms with Gasteiger partial charge in [0.05, 0.1) is 24.7 Å². The average Bonchev–Trinajstić information content (AvgIpc) is 2.82. The number of hydrogen-bond donors (Lipinski definition) is 1. The maximum atomic E-state index is 13.0. The number of nitrogens with one attached hydrogen (secondary N) is 1. The predicted molar refractivity (Wildman–Crippen MR) is 125 cm³/mol. The molecule has 1 saturated heterocycles. The van der Waals surface area contributed by atoms with Crippen LogP contribution in [0.2, 0.25) is 5.02 Å². The minimum Gasteiger partial charge on any atom is -0.379 e. The van der Waals surface area contributed by atoms with Gasteiger partial charge in [0.25, 0.3) is 0 Å². The molecular formula is C24H23ClN2O4S. The largest absolute Gasteiger partial charge is 0.379 e. The lowest BCUT2D eigenvalue weighted by atomic mass is 10.0. The van der Waals surface area contributed by atoms with Crippen molar-refractivity contribution in [3.8, 4) is 11.1 Å². The Balaban J connectivity index is 1.45. The normalized spacial score (nSPS) is 14.8. The highest BCUT2D eigenvalue weighted by Crippen LogP contribution is 2.28. The highest BCUT2D eigenvalue weighted by molar-refractivity contribution is 7.89. The van der Waals surface area contributed by atoms with Crippen LogP contribution in [0.1, 0.15) is 5.56 Å². The number of morpholine rings is 1. The van der Waals surface area contributed by atoms with Gasteiger partial charge in [-0.05, 0) is 34.9 Å². The second-order valence-corrected chi connectivity index (χ2v) is 9.76. The van der Waals surface area contributed by atoms with Gasteiger partial charge >= 0.3 is 0 Å². The van der Waals surface area contributed by atoms with E-state index in [0.717, 1.165) is 16.7 Å². The van der Waals surface area contributed by atoms with Crippen molar-refractivity contribution in [2.45, 2.75) is 11.3 Å². The molecule has 1 heterocycles. The smallest absolute Gasteiger partial charge is 0.244 e. The van der Waals surface area contributed by atoms with E-state index in [1.807, 2.05) is 54.6 Å². The summed E-state index contributed by atoms with van der Waals surface area (Å²) >= 11 is 6.18. The van der Waals surface area contributed by atoms with E-state index in [1.165, 1.54) is 16.4 Å². The number of hydrogen-bond acceptors (Lipinski definition) is 4. The number of sulfonamides is 1. The number of ether oxygens (including phenoxy) is 1. The second kappa shape index (κ2) is 9.83. The summed E-state index contributed by atoms with van der Waals surface area (Å²) in [5, 5.41) is 2.89. The molecule has 166 valence electrons. The summed E-state index contributed by atoms with van der Waals surface area (Å²) in [4.78, 5) is 12.5.